The first-order valence-electron chi connectivity index (χ1n) is 5.68. The molecule has 1 aliphatic carbocycles. The Kier molecular flexibility index (Phi) is 3.20. The Hall–Kier alpha value is -0.820. The smallest absolute Gasteiger partial charge is 0.0108 e. The fourth-order valence-electron chi connectivity index (χ4n) is 2.45. The van der Waals surface area contributed by atoms with Gasteiger partial charge in [0.1, 0.15) is 0 Å². The second kappa shape index (κ2) is 4.61. The SMILES string of the molecule is NC1CCCCCC1c1ccccc1. The molecule has 0 radical (unpaired) electrons. The van der Waals surface area contributed by atoms with E-state index in [1.165, 1.54) is 37.7 Å². The summed E-state index contributed by atoms with van der Waals surface area (Å²) in [5.41, 5.74) is 7.64. The van der Waals surface area contributed by atoms with Crippen molar-refractivity contribution in [3.63, 3.8) is 0 Å². The van der Waals surface area contributed by atoms with E-state index < -0.39 is 0 Å². The molecule has 2 unspecified atom stereocenters. The monoisotopic (exact) mass is 189 g/mol. The van der Waals surface area contributed by atoms with Gasteiger partial charge in [-0.25, -0.2) is 0 Å². The molecule has 1 aromatic carbocycles. The van der Waals surface area contributed by atoms with Gasteiger partial charge >= 0.3 is 0 Å². The van der Waals surface area contributed by atoms with Crippen LogP contribution in [0.1, 0.15) is 43.6 Å². The van der Waals surface area contributed by atoms with Crippen molar-refractivity contribution in [1.82, 2.24) is 0 Å². The molecule has 1 aromatic rings. The highest BCUT2D eigenvalue weighted by atomic mass is 14.6. The van der Waals surface area contributed by atoms with Crippen molar-refractivity contribution in [2.45, 2.75) is 44.1 Å². The van der Waals surface area contributed by atoms with Crippen molar-refractivity contribution in [1.29, 1.82) is 0 Å². The van der Waals surface area contributed by atoms with Crippen LogP contribution in [0.5, 0.6) is 0 Å². The minimum absolute atomic E-state index is 0.375. The van der Waals surface area contributed by atoms with Gasteiger partial charge in [0.25, 0.3) is 0 Å². The van der Waals surface area contributed by atoms with Gasteiger partial charge in [0.2, 0.25) is 0 Å². The van der Waals surface area contributed by atoms with E-state index in [-0.39, 0.29) is 0 Å². The summed E-state index contributed by atoms with van der Waals surface area (Å²) in [7, 11) is 0. The van der Waals surface area contributed by atoms with E-state index in [0.29, 0.717) is 12.0 Å². The van der Waals surface area contributed by atoms with Crippen molar-refractivity contribution in [3.8, 4) is 0 Å². The van der Waals surface area contributed by atoms with E-state index in [4.69, 9.17) is 5.73 Å². The Bertz CT molecular complexity index is 268. The van der Waals surface area contributed by atoms with Crippen LogP contribution in [-0.4, -0.2) is 6.04 Å². The Morgan fingerprint density at radius 2 is 1.64 bits per heavy atom. The van der Waals surface area contributed by atoms with Crippen molar-refractivity contribution in [3.05, 3.63) is 35.9 Å². The van der Waals surface area contributed by atoms with E-state index >= 15 is 0 Å². The maximum atomic E-state index is 6.21. The third-order valence-electron chi connectivity index (χ3n) is 3.30. The summed E-state index contributed by atoms with van der Waals surface area (Å²) in [6.07, 6.45) is 6.47. The number of hydrogen-bond acceptors (Lipinski definition) is 1. The van der Waals surface area contributed by atoms with Gasteiger partial charge in [0, 0.05) is 6.04 Å². The van der Waals surface area contributed by atoms with Gasteiger partial charge in [-0.3, -0.25) is 0 Å². The lowest BCUT2D eigenvalue weighted by Gasteiger charge is -2.21. The zero-order valence-electron chi connectivity index (χ0n) is 8.65. The molecule has 0 aliphatic heterocycles. The summed E-state index contributed by atoms with van der Waals surface area (Å²) < 4.78 is 0. The highest BCUT2D eigenvalue weighted by molar-refractivity contribution is 5.21. The predicted molar refractivity (Wildman–Crippen MR) is 60.2 cm³/mol. The van der Waals surface area contributed by atoms with E-state index in [9.17, 15) is 0 Å². The summed E-state index contributed by atoms with van der Waals surface area (Å²) in [6.45, 7) is 0. The van der Waals surface area contributed by atoms with Crippen molar-refractivity contribution in [2.75, 3.05) is 0 Å². The van der Waals surface area contributed by atoms with Gasteiger partial charge in [0.15, 0.2) is 0 Å². The van der Waals surface area contributed by atoms with Gasteiger partial charge < -0.3 is 5.73 Å². The Morgan fingerprint density at radius 3 is 2.43 bits per heavy atom. The molecule has 0 heterocycles. The second-order valence-corrected chi connectivity index (χ2v) is 4.32. The number of rotatable bonds is 1. The predicted octanol–water partition coefficient (Wildman–Crippen LogP) is 3.06. The van der Waals surface area contributed by atoms with Crippen molar-refractivity contribution in [2.24, 2.45) is 5.73 Å². The van der Waals surface area contributed by atoms with Gasteiger partial charge in [-0.05, 0) is 24.3 Å². The number of nitrogens with two attached hydrogens (primary N) is 1. The lowest BCUT2D eigenvalue weighted by Crippen LogP contribution is -2.27. The highest BCUT2D eigenvalue weighted by Crippen LogP contribution is 2.30. The molecular formula is C13H19N. The fourth-order valence-corrected chi connectivity index (χ4v) is 2.45. The van der Waals surface area contributed by atoms with Crippen LogP contribution in [-0.2, 0) is 0 Å². The number of benzene rings is 1. The molecule has 2 rings (SSSR count). The first-order valence-corrected chi connectivity index (χ1v) is 5.68. The Morgan fingerprint density at radius 1 is 0.929 bits per heavy atom. The molecule has 2 N–H and O–H groups in total. The minimum atomic E-state index is 0.375. The molecule has 0 saturated heterocycles. The largest absolute Gasteiger partial charge is 0.327 e. The van der Waals surface area contributed by atoms with Gasteiger partial charge in [-0.2, -0.15) is 0 Å². The Labute approximate surface area is 86.3 Å². The van der Waals surface area contributed by atoms with Crippen LogP contribution in [0.3, 0.4) is 0 Å². The van der Waals surface area contributed by atoms with E-state index in [1.54, 1.807) is 0 Å². The first kappa shape index (κ1) is 9.72. The highest BCUT2D eigenvalue weighted by Gasteiger charge is 2.21. The molecule has 0 bridgehead atoms. The van der Waals surface area contributed by atoms with Crippen LogP contribution < -0.4 is 5.73 Å². The topological polar surface area (TPSA) is 26.0 Å². The first-order chi connectivity index (χ1) is 6.88. The zero-order valence-corrected chi connectivity index (χ0v) is 8.65. The molecule has 76 valence electrons. The third-order valence-corrected chi connectivity index (χ3v) is 3.30. The van der Waals surface area contributed by atoms with Gasteiger partial charge in [-0.15, -0.1) is 0 Å². The number of hydrogen-bond donors (Lipinski definition) is 1. The minimum Gasteiger partial charge on any atom is -0.327 e. The summed E-state index contributed by atoms with van der Waals surface area (Å²) in [5.74, 6) is 0.596. The molecule has 1 aliphatic rings. The molecule has 1 saturated carbocycles. The van der Waals surface area contributed by atoms with Crippen LogP contribution >= 0.6 is 0 Å². The van der Waals surface area contributed by atoms with Crippen molar-refractivity contribution < 1.29 is 0 Å². The average molecular weight is 189 g/mol. The lowest BCUT2D eigenvalue weighted by atomic mass is 9.88. The van der Waals surface area contributed by atoms with Crippen molar-refractivity contribution >= 4 is 0 Å². The summed E-state index contributed by atoms with van der Waals surface area (Å²) in [5, 5.41) is 0. The molecule has 0 aromatic heterocycles. The van der Waals surface area contributed by atoms with Crippen LogP contribution in [0.25, 0.3) is 0 Å². The standard InChI is InChI=1S/C13H19N/c14-13-10-6-2-5-9-12(13)11-7-3-1-4-8-11/h1,3-4,7-8,12-13H,2,5-6,9-10,14H2. The lowest BCUT2D eigenvalue weighted by molar-refractivity contribution is 0.505. The molecular weight excluding hydrogens is 170 g/mol. The van der Waals surface area contributed by atoms with Crippen LogP contribution in [0.4, 0.5) is 0 Å². The second-order valence-electron chi connectivity index (χ2n) is 4.32. The van der Waals surface area contributed by atoms with Gasteiger partial charge in [0.05, 0.1) is 0 Å². The Balaban J connectivity index is 2.15. The van der Waals surface area contributed by atoms with E-state index in [0.717, 1.165) is 0 Å². The van der Waals surface area contributed by atoms with E-state index in [2.05, 4.69) is 30.3 Å². The molecule has 2 atom stereocenters. The summed E-state index contributed by atoms with van der Waals surface area (Å²) >= 11 is 0. The average Bonchev–Trinajstić information content (AvgIpc) is 2.44. The molecule has 14 heavy (non-hydrogen) atoms. The van der Waals surface area contributed by atoms with Crippen LogP contribution in [0, 0.1) is 0 Å². The fraction of sp³-hybridized carbons (Fsp3) is 0.538. The van der Waals surface area contributed by atoms with Gasteiger partial charge in [-0.1, -0.05) is 49.6 Å². The quantitative estimate of drug-likeness (QED) is 0.675. The maximum absolute atomic E-state index is 6.21. The molecule has 0 spiro atoms. The normalized spacial score (nSPS) is 28.4. The zero-order chi connectivity index (χ0) is 9.80. The maximum Gasteiger partial charge on any atom is 0.0108 e. The van der Waals surface area contributed by atoms with Crippen LogP contribution in [0.2, 0.25) is 0 Å². The third kappa shape index (κ3) is 2.16. The summed E-state index contributed by atoms with van der Waals surface area (Å²) in [6, 6.07) is 11.1. The van der Waals surface area contributed by atoms with Crippen LogP contribution in [0.15, 0.2) is 30.3 Å². The van der Waals surface area contributed by atoms with E-state index in [1.807, 2.05) is 0 Å². The molecule has 0 amide bonds. The summed E-state index contributed by atoms with van der Waals surface area (Å²) in [4.78, 5) is 0. The molecule has 1 heteroatoms. The molecule has 1 nitrogen and oxygen atoms in total. The molecule has 1 fully saturated rings.